The van der Waals surface area contributed by atoms with Crippen molar-refractivity contribution in [3.05, 3.63) is 41.0 Å². The van der Waals surface area contributed by atoms with Crippen LogP contribution in [0.25, 0.3) is 5.57 Å². The maximum absolute atomic E-state index is 5.98. The number of rotatable bonds is 1. The maximum atomic E-state index is 5.98. The third kappa shape index (κ3) is 1.48. The van der Waals surface area contributed by atoms with Gasteiger partial charge in [-0.15, -0.1) is 0 Å². The molecule has 74 valence electrons. The van der Waals surface area contributed by atoms with Crippen LogP contribution >= 0.6 is 0 Å². The van der Waals surface area contributed by atoms with Crippen LogP contribution in [-0.4, -0.2) is 6.04 Å². The van der Waals surface area contributed by atoms with Crippen molar-refractivity contribution in [2.45, 2.75) is 32.7 Å². The quantitative estimate of drug-likeness (QED) is 0.718. The Labute approximate surface area is 85.6 Å². The molecular weight excluding hydrogens is 170 g/mol. The van der Waals surface area contributed by atoms with E-state index in [9.17, 15) is 0 Å². The third-order valence-corrected chi connectivity index (χ3v) is 2.92. The Hall–Kier alpha value is -1.08. The van der Waals surface area contributed by atoms with E-state index in [1.54, 1.807) is 0 Å². The lowest BCUT2D eigenvalue weighted by Crippen LogP contribution is -2.20. The van der Waals surface area contributed by atoms with Crippen molar-refractivity contribution < 1.29 is 0 Å². The number of aryl methyl sites for hydroxylation is 2. The molecule has 0 heterocycles. The van der Waals surface area contributed by atoms with Gasteiger partial charge in [-0.25, -0.2) is 0 Å². The Morgan fingerprint density at radius 3 is 2.86 bits per heavy atom. The Balaban J connectivity index is 2.56. The van der Waals surface area contributed by atoms with Gasteiger partial charge in [0.2, 0.25) is 0 Å². The number of nitrogens with two attached hydrogens (primary N) is 1. The fraction of sp³-hybridized carbons (Fsp3) is 0.385. The van der Waals surface area contributed by atoms with Gasteiger partial charge in [0.25, 0.3) is 0 Å². The highest BCUT2D eigenvalue weighted by molar-refractivity contribution is 5.75. The van der Waals surface area contributed by atoms with E-state index in [2.05, 4.69) is 38.1 Å². The molecular formula is C13H17N. The number of allylic oxidation sites excluding steroid dienone is 1. The van der Waals surface area contributed by atoms with E-state index in [0.29, 0.717) is 0 Å². The molecule has 0 radical (unpaired) electrons. The lowest BCUT2D eigenvalue weighted by molar-refractivity contribution is 0.893. The molecule has 1 unspecified atom stereocenters. The summed E-state index contributed by atoms with van der Waals surface area (Å²) in [5, 5.41) is 0. The van der Waals surface area contributed by atoms with Crippen molar-refractivity contribution in [2.24, 2.45) is 5.73 Å². The van der Waals surface area contributed by atoms with Gasteiger partial charge in [0.15, 0.2) is 0 Å². The van der Waals surface area contributed by atoms with Crippen LogP contribution in [0.3, 0.4) is 0 Å². The van der Waals surface area contributed by atoms with Crippen molar-refractivity contribution in [2.75, 3.05) is 0 Å². The third-order valence-electron chi connectivity index (χ3n) is 2.92. The second-order valence-electron chi connectivity index (χ2n) is 4.10. The molecule has 0 amide bonds. The highest BCUT2D eigenvalue weighted by atomic mass is 14.6. The maximum Gasteiger partial charge on any atom is 0.0269 e. The van der Waals surface area contributed by atoms with Gasteiger partial charge in [-0.1, -0.05) is 24.3 Å². The highest BCUT2D eigenvalue weighted by Gasteiger charge is 2.16. The van der Waals surface area contributed by atoms with Gasteiger partial charge in [-0.05, 0) is 49.0 Å². The summed E-state index contributed by atoms with van der Waals surface area (Å²) in [5.41, 5.74) is 11.5. The standard InChI is InChI=1S/C13H17N/c1-9-5-3-6-11-7-4-8-12(10(2)14)13(9)11/h3,5-6,8,10H,4,7,14H2,1-2H3. The average Bonchev–Trinajstić information content (AvgIpc) is 2.17. The molecule has 0 fully saturated rings. The molecule has 1 heteroatoms. The fourth-order valence-electron chi connectivity index (χ4n) is 2.25. The lowest BCUT2D eigenvalue weighted by Gasteiger charge is -2.22. The molecule has 0 bridgehead atoms. The van der Waals surface area contributed by atoms with E-state index in [-0.39, 0.29) is 6.04 Å². The molecule has 1 aromatic carbocycles. The average molecular weight is 187 g/mol. The minimum atomic E-state index is 0.148. The minimum absolute atomic E-state index is 0.148. The molecule has 1 atom stereocenters. The van der Waals surface area contributed by atoms with Gasteiger partial charge in [-0.2, -0.15) is 0 Å². The van der Waals surface area contributed by atoms with E-state index in [1.165, 1.54) is 22.3 Å². The molecule has 1 nitrogen and oxygen atoms in total. The number of benzene rings is 1. The molecule has 1 aromatic rings. The van der Waals surface area contributed by atoms with E-state index in [1.807, 2.05) is 0 Å². The molecule has 2 rings (SSSR count). The van der Waals surface area contributed by atoms with Crippen molar-refractivity contribution >= 4 is 5.57 Å². The van der Waals surface area contributed by atoms with Gasteiger partial charge in [-0.3, -0.25) is 0 Å². The van der Waals surface area contributed by atoms with Gasteiger partial charge >= 0.3 is 0 Å². The van der Waals surface area contributed by atoms with E-state index in [0.717, 1.165) is 12.8 Å². The van der Waals surface area contributed by atoms with Crippen LogP contribution in [-0.2, 0) is 6.42 Å². The topological polar surface area (TPSA) is 26.0 Å². The summed E-state index contributed by atoms with van der Waals surface area (Å²) in [5.74, 6) is 0. The summed E-state index contributed by atoms with van der Waals surface area (Å²) in [6, 6.07) is 6.67. The molecule has 0 aliphatic heterocycles. The van der Waals surface area contributed by atoms with Gasteiger partial charge in [0.1, 0.15) is 0 Å². The molecule has 0 aromatic heterocycles. The molecule has 2 N–H and O–H groups in total. The van der Waals surface area contributed by atoms with Crippen molar-refractivity contribution in [1.82, 2.24) is 0 Å². The Morgan fingerprint density at radius 1 is 1.36 bits per heavy atom. The SMILES string of the molecule is Cc1cccc2c1C(C(C)N)=CCC2. The van der Waals surface area contributed by atoms with Crippen molar-refractivity contribution in [3.8, 4) is 0 Å². The minimum Gasteiger partial charge on any atom is -0.324 e. The van der Waals surface area contributed by atoms with Crippen LogP contribution in [0.4, 0.5) is 0 Å². The molecule has 1 aliphatic rings. The summed E-state index contributed by atoms with van der Waals surface area (Å²) < 4.78 is 0. The van der Waals surface area contributed by atoms with Gasteiger partial charge in [0.05, 0.1) is 0 Å². The van der Waals surface area contributed by atoms with Crippen molar-refractivity contribution in [3.63, 3.8) is 0 Å². The van der Waals surface area contributed by atoms with Crippen LogP contribution in [0.2, 0.25) is 0 Å². The fourth-order valence-corrected chi connectivity index (χ4v) is 2.25. The van der Waals surface area contributed by atoms with Crippen LogP contribution in [0, 0.1) is 6.92 Å². The van der Waals surface area contributed by atoms with Gasteiger partial charge < -0.3 is 5.73 Å². The number of hydrogen-bond acceptors (Lipinski definition) is 1. The predicted molar refractivity (Wildman–Crippen MR) is 61.1 cm³/mol. The smallest absolute Gasteiger partial charge is 0.0269 e. The first kappa shape index (κ1) is 9.47. The second-order valence-corrected chi connectivity index (χ2v) is 4.10. The second kappa shape index (κ2) is 3.58. The molecule has 0 saturated carbocycles. The monoisotopic (exact) mass is 187 g/mol. The van der Waals surface area contributed by atoms with E-state index < -0.39 is 0 Å². The van der Waals surface area contributed by atoms with Crippen LogP contribution < -0.4 is 5.73 Å². The molecule has 0 spiro atoms. The summed E-state index contributed by atoms with van der Waals surface area (Å²) in [6.07, 6.45) is 4.58. The first-order valence-corrected chi connectivity index (χ1v) is 5.24. The molecule has 14 heavy (non-hydrogen) atoms. The number of hydrogen-bond donors (Lipinski definition) is 1. The van der Waals surface area contributed by atoms with E-state index >= 15 is 0 Å². The Bertz CT molecular complexity index is 375. The van der Waals surface area contributed by atoms with Crippen molar-refractivity contribution in [1.29, 1.82) is 0 Å². The Kier molecular flexibility index (Phi) is 2.42. The zero-order valence-corrected chi connectivity index (χ0v) is 8.88. The Morgan fingerprint density at radius 2 is 2.14 bits per heavy atom. The first-order valence-electron chi connectivity index (χ1n) is 5.24. The zero-order valence-electron chi connectivity index (χ0n) is 8.88. The van der Waals surface area contributed by atoms with Crippen LogP contribution in [0.1, 0.15) is 30.0 Å². The molecule has 0 saturated heterocycles. The van der Waals surface area contributed by atoms with Crippen LogP contribution in [0.5, 0.6) is 0 Å². The zero-order chi connectivity index (χ0) is 10.1. The lowest BCUT2D eigenvalue weighted by atomic mass is 9.85. The largest absolute Gasteiger partial charge is 0.324 e. The normalized spacial score (nSPS) is 17.2. The number of fused-ring (bicyclic) bond motifs is 1. The first-order chi connectivity index (χ1) is 6.70. The summed E-state index contributed by atoms with van der Waals surface area (Å²) >= 11 is 0. The summed E-state index contributed by atoms with van der Waals surface area (Å²) in [6.45, 7) is 4.23. The highest BCUT2D eigenvalue weighted by Crippen LogP contribution is 2.30. The summed E-state index contributed by atoms with van der Waals surface area (Å²) in [4.78, 5) is 0. The van der Waals surface area contributed by atoms with E-state index in [4.69, 9.17) is 5.73 Å². The van der Waals surface area contributed by atoms with Gasteiger partial charge in [0, 0.05) is 6.04 Å². The molecule has 1 aliphatic carbocycles. The predicted octanol–water partition coefficient (Wildman–Crippen LogP) is 2.67. The summed E-state index contributed by atoms with van der Waals surface area (Å²) in [7, 11) is 0. The van der Waals surface area contributed by atoms with Crippen LogP contribution in [0.15, 0.2) is 24.3 Å².